The highest BCUT2D eigenvalue weighted by atomic mass is 32.1. The second kappa shape index (κ2) is 7.28. The zero-order valence-electron chi connectivity index (χ0n) is 14.6. The standard InChI is InChI=1S/C22H20N2OS/c1-24(14-16-11-12-26-15-16)21(17-7-3-2-4-8-17)22(25)19-13-23-20-10-6-5-9-18(19)20/h2-13,15,21,23H,14H2,1H3/t21-/m1/s1. The zero-order valence-corrected chi connectivity index (χ0v) is 15.4. The van der Waals surface area contributed by atoms with Crippen molar-refractivity contribution in [2.24, 2.45) is 0 Å². The lowest BCUT2D eigenvalue weighted by Crippen LogP contribution is -2.30. The first-order chi connectivity index (χ1) is 12.7. The number of carbonyl (C=O) groups excluding carboxylic acids is 1. The predicted octanol–water partition coefficient (Wildman–Crippen LogP) is 5.29. The van der Waals surface area contributed by atoms with E-state index in [9.17, 15) is 4.79 Å². The Morgan fingerprint density at radius 2 is 1.85 bits per heavy atom. The van der Waals surface area contributed by atoms with E-state index in [1.165, 1.54) is 5.56 Å². The van der Waals surface area contributed by atoms with Gasteiger partial charge in [0, 0.05) is 29.2 Å². The molecule has 4 heteroatoms. The lowest BCUT2D eigenvalue weighted by Gasteiger charge is -2.27. The number of aromatic nitrogens is 1. The van der Waals surface area contributed by atoms with Crippen LogP contribution in [0, 0.1) is 0 Å². The van der Waals surface area contributed by atoms with Crippen LogP contribution in [0.2, 0.25) is 0 Å². The second-order valence-electron chi connectivity index (χ2n) is 6.47. The van der Waals surface area contributed by atoms with E-state index in [0.29, 0.717) is 0 Å². The minimum absolute atomic E-state index is 0.117. The summed E-state index contributed by atoms with van der Waals surface area (Å²) in [6.45, 7) is 0.733. The van der Waals surface area contributed by atoms with Crippen LogP contribution < -0.4 is 0 Å². The van der Waals surface area contributed by atoms with Gasteiger partial charge in [-0.05, 0) is 41.1 Å². The van der Waals surface area contributed by atoms with E-state index in [4.69, 9.17) is 0 Å². The summed E-state index contributed by atoms with van der Waals surface area (Å²) in [4.78, 5) is 18.9. The minimum atomic E-state index is -0.324. The molecule has 0 fully saturated rings. The van der Waals surface area contributed by atoms with Crippen molar-refractivity contribution in [2.45, 2.75) is 12.6 Å². The number of thiophene rings is 1. The van der Waals surface area contributed by atoms with Crippen LogP contribution in [0.1, 0.15) is 27.5 Å². The van der Waals surface area contributed by atoms with Crippen LogP contribution in [0.3, 0.4) is 0 Å². The van der Waals surface area contributed by atoms with Crippen molar-refractivity contribution >= 4 is 28.0 Å². The molecule has 3 nitrogen and oxygen atoms in total. The number of likely N-dealkylation sites (N-methyl/N-ethyl adjacent to an activating group) is 1. The van der Waals surface area contributed by atoms with Crippen molar-refractivity contribution in [1.29, 1.82) is 0 Å². The van der Waals surface area contributed by atoms with Crippen LogP contribution in [0.4, 0.5) is 0 Å². The minimum Gasteiger partial charge on any atom is -0.360 e. The average Bonchev–Trinajstić information content (AvgIpc) is 3.32. The molecule has 4 rings (SSSR count). The molecule has 0 amide bonds. The molecule has 0 bridgehead atoms. The third-order valence-corrected chi connectivity index (χ3v) is 5.40. The van der Waals surface area contributed by atoms with Crippen LogP contribution in [-0.4, -0.2) is 22.7 Å². The molecule has 0 radical (unpaired) electrons. The molecule has 2 aromatic heterocycles. The zero-order chi connectivity index (χ0) is 17.9. The summed E-state index contributed by atoms with van der Waals surface area (Å²) in [5.74, 6) is 0.117. The number of para-hydroxylation sites is 1. The highest BCUT2D eigenvalue weighted by Crippen LogP contribution is 2.29. The Balaban J connectivity index is 1.73. The monoisotopic (exact) mass is 360 g/mol. The number of ketones is 1. The summed E-state index contributed by atoms with van der Waals surface area (Å²) in [6.07, 6.45) is 1.83. The van der Waals surface area contributed by atoms with E-state index < -0.39 is 0 Å². The Hall–Kier alpha value is -2.69. The van der Waals surface area contributed by atoms with Gasteiger partial charge >= 0.3 is 0 Å². The SMILES string of the molecule is CN(Cc1ccsc1)[C@@H](C(=O)c1c[nH]c2ccccc12)c1ccccc1. The smallest absolute Gasteiger partial charge is 0.186 e. The Bertz CT molecular complexity index is 1010. The topological polar surface area (TPSA) is 36.1 Å². The van der Waals surface area contributed by atoms with Crippen molar-refractivity contribution < 1.29 is 4.79 Å². The van der Waals surface area contributed by atoms with Crippen molar-refractivity contribution in [3.63, 3.8) is 0 Å². The molecule has 130 valence electrons. The number of H-pyrrole nitrogens is 1. The molecule has 0 saturated heterocycles. The molecule has 0 spiro atoms. The Morgan fingerprint density at radius 3 is 2.62 bits per heavy atom. The van der Waals surface area contributed by atoms with E-state index in [1.807, 2.05) is 67.8 Å². The maximum atomic E-state index is 13.5. The van der Waals surface area contributed by atoms with Crippen LogP contribution >= 0.6 is 11.3 Å². The number of aromatic amines is 1. The lowest BCUT2D eigenvalue weighted by atomic mass is 9.95. The fraction of sp³-hybridized carbons (Fsp3) is 0.136. The van der Waals surface area contributed by atoms with Gasteiger partial charge in [0.25, 0.3) is 0 Å². The van der Waals surface area contributed by atoms with Crippen LogP contribution in [-0.2, 0) is 6.54 Å². The number of hydrogen-bond acceptors (Lipinski definition) is 3. The van der Waals surface area contributed by atoms with E-state index in [2.05, 4.69) is 26.7 Å². The highest BCUT2D eigenvalue weighted by Gasteiger charge is 2.28. The first kappa shape index (κ1) is 16.8. The number of hydrogen-bond donors (Lipinski definition) is 1. The van der Waals surface area contributed by atoms with E-state index in [0.717, 1.165) is 28.6 Å². The summed E-state index contributed by atoms with van der Waals surface area (Å²) in [6, 6.07) is 19.8. The summed E-state index contributed by atoms with van der Waals surface area (Å²) in [7, 11) is 2.02. The van der Waals surface area contributed by atoms with Gasteiger partial charge in [-0.3, -0.25) is 9.69 Å². The van der Waals surface area contributed by atoms with E-state index in [-0.39, 0.29) is 11.8 Å². The first-order valence-electron chi connectivity index (χ1n) is 8.60. The molecule has 4 aromatic rings. The Labute approximate surface area is 156 Å². The fourth-order valence-corrected chi connectivity index (χ4v) is 4.09. The van der Waals surface area contributed by atoms with Gasteiger partial charge in [0.05, 0.1) is 6.04 Å². The van der Waals surface area contributed by atoms with Crippen molar-refractivity contribution in [3.8, 4) is 0 Å². The summed E-state index contributed by atoms with van der Waals surface area (Å²) < 4.78 is 0. The maximum absolute atomic E-state index is 13.5. The van der Waals surface area contributed by atoms with Gasteiger partial charge in [-0.2, -0.15) is 11.3 Å². The summed E-state index contributed by atoms with van der Waals surface area (Å²) in [5, 5.41) is 5.18. The van der Waals surface area contributed by atoms with Gasteiger partial charge in [0.15, 0.2) is 5.78 Å². The van der Waals surface area contributed by atoms with Crippen molar-refractivity contribution in [2.75, 3.05) is 7.05 Å². The van der Waals surface area contributed by atoms with Gasteiger partial charge in [-0.1, -0.05) is 48.5 Å². The number of Topliss-reactive ketones (excluding diaryl/α,β-unsaturated/α-hetero) is 1. The van der Waals surface area contributed by atoms with E-state index >= 15 is 0 Å². The molecule has 26 heavy (non-hydrogen) atoms. The second-order valence-corrected chi connectivity index (χ2v) is 7.25. The van der Waals surface area contributed by atoms with Crippen LogP contribution in [0.5, 0.6) is 0 Å². The van der Waals surface area contributed by atoms with Gasteiger partial charge in [-0.25, -0.2) is 0 Å². The fourth-order valence-electron chi connectivity index (χ4n) is 3.43. The summed E-state index contributed by atoms with van der Waals surface area (Å²) >= 11 is 1.68. The molecule has 0 aliphatic rings. The summed E-state index contributed by atoms with van der Waals surface area (Å²) in [5.41, 5.74) is 3.97. The molecule has 1 atom stereocenters. The number of carbonyl (C=O) groups is 1. The molecule has 2 heterocycles. The van der Waals surface area contributed by atoms with Crippen molar-refractivity contribution in [1.82, 2.24) is 9.88 Å². The third kappa shape index (κ3) is 3.21. The molecule has 2 aromatic carbocycles. The molecular formula is C22H20N2OS. The number of nitrogens with one attached hydrogen (secondary N) is 1. The molecule has 1 N–H and O–H groups in total. The molecule has 0 aliphatic carbocycles. The number of nitrogens with zero attached hydrogens (tertiary/aromatic N) is 1. The third-order valence-electron chi connectivity index (χ3n) is 4.67. The first-order valence-corrected chi connectivity index (χ1v) is 9.55. The average molecular weight is 360 g/mol. The van der Waals surface area contributed by atoms with Gasteiger partial charge in [0.1, 0.15) is 0 Å². The number of fused-ring (bicyclic) bond motifs is 1. The van der Waals surface area contributed by atoms with Gasteiger partial charge in [0.2, 0.25) is 0 Å². The quantitative estimate of drug-likeness (QED) is 0.475. The Morgan fingerprint density at radius 1 is 1.08 bits per heavy atom. The normalized spacial score (nSPS) is 12.5. The molecule has 0 aliphatic heterocycles. The molecule has 0 saturated carbocycles. The van der Waals surface area contributed by atoms with Crippen LogP contribution in [0.15, 0.2) is 77.6 Å². The number of rotatable bonds is 6. The van der Waals surface area contributed by atoms with E-state index in [1.54, 1.807) is 11.3 Å². The number of benzene rings is 2. The lowest BCUT2D eigenvalue weighted by molar-refractivity contribution is 0.0845. The Kier molecular flexibility index (Phi) is 4.69. The highest BCUT2D eigenvalue weighted by molar-refractivity contribution is 7.07. The van der Waals surface area contributed by atoms with Crippen molar-refractivity contribution in [3.05, 3.63) is 94.3 Å². The maximum Gasteiger partial charge on any atom is 0.186 e. The van der Waals surface area contributed by atoms with Crippen LogP contribution in [0.25, 0.3) is 10.9 Å². The van der Waals surface area contributed by atoms with Gasteiger partial charge in [-0.15, -0.1) is 0 Å². The molecule has 0 unspecified atom stereocenters. The molecular weight excluding hydrogens is 340 g/mol. The largest absolute Gasteiger partial charge is 0.360 e. The predicted molar refractivity (Wildman–Crippen MR) is 108 cm³/mol. The van der Waals surface area contributed by atoms with Gasteiger partial charge < -0.3 is 4.98 Å².